The first-order valence-corrected chi connectivity index (χ1v) is 6.61. The monoisotopic (exact) mass is 316 g/mol. The van der Waals surface area contributed by atoms with Crippen molar-refractivity contribution >= 4 is 21.8 Å². The van der Waals surface area contributed by atoms with Crippen molar-refractivity contribution in [3.63, 3.8) is 0 Å². The van der Waals surface area contributed by atoms with Gasteiger partial charge in [0.2, 0.25) is 5.91 Å². The van der Waals surface area contributed by atoms with E-state index in [0.717, 1.165) is 10.2 Å². The Morgan fingerprint density at radius 1 is 1.72 bits per heavy atom. The predicted octanol–water partition coefficient (Wildman–Crippen LogP) is 0.257. The molecule has 0 aromatic carbocycles. The summed E-state index contributed by atoms with van der Waals surface area (Å²) in [6.07, 6.45) is 1.57. The van der Waals surface area contributed by atoms with Gasteiger partial charge in [0.15, 0.2) is 0 Å². The second-order valence-corrected chi connectivity index (χ2v) is 5.31. The number of aromatic nitrogens is 2. The molecule has 100 valence electrons. The third-order valence-corrected chi connectivity index (χ3v) is 3.91. The Morgan fingerprint density at radius 3 is 3.00 bits per heavy atom. The molecule has 0 bridgehead atoms. The maximum absolute atomic E-state index is 11.5. The molecule has 0 spiro atoms. The Bertz CT molecular complexity index is 429. The molecule has 1 amide bonds. The Kier molecular flexibility index (Phi) is 4.04. The largest absolute Gasteiger partial charge is 0.375 e. The van der Waals surface area contributed by atoms with Gasteiger partial charge >= 0.3 is 0 Å². The van der Waals surface area contributed by atoms with Gasteiger partial charge in [0.05, 0.1) is 29.1 Å². The number of ether oxygens (including phenoxy) is 1. The van der Waals surface area contributed by atoms with Crippen LogP contribution >= 0.6 is 15.9 Å². The van der Waals surface area contributed by atoms with E-state index in [1.165, 1.54) is 0 Å². The number of carbonyl (C=O) groups is 1. The molecule has 0 saturated carbocycles. The molecule has 0 unspecified atom stereocenters. The van der Waals surface area contributed by atoms with Crippen molar-refractivity contribution < 1.29 is 9.53 Å². The van der Waals surface area contributed by atoms with E-state index in [0.29, 0.717) is 19.7 Å². The summed E-state index contributed by atoms with van der Waals surface area (Å²) in [6, 6.07) is -0.388. The molecule has 2 heterocycles. The van der Waals surface area contributed by atoms with Crippen LogP contribution in [0.5, 0.6) is 0 Å². The minimum Gasteiger partial charge on any atom is -0.375 e. The molecule has 7 heteroatoms. The summed E-state index contributed by atoms with van der Waals surface area (Å²) in [5.74, 6) is -0.347. The number of hydrogen-bond donors (Lipinski definition) is 1. The Morgan fingerprint density at radius 2 is 2.44 bits per heavy atom. The van der Waals surface area contributed by atoms with E-state index in [4.69, 9.17) is 10.5 Å². The van der Waals surface area contributed by atoms with E-state index in [1.807, 2.05) is 18.9 Å². The molecule has 1 fully saturated rings. The van der Waals surface area contributed by atoms with Crippen LogP contribution in [0.15, 0.2) is 10.7 Å². The van der Waals surface area contributed by atoms with Crippen LogP contribution in [-0.4, -0.2) is 45.9 Å². The van der Waals surface area contributed by atoms with Crippen molar-refractivity contribution in [2.45, 2.75) is 25.6 Å². The summed E-state index contributed by atoms with van der Waals surface area (Å²) in [4.78, 5) is 13.6. The summed E-state index contributed by atoms with van der Waals surface area (Å²) in [5, 5.41) is 4.17. The number of halogens is 1. The van der Waals surface area contributed by atoms with E-state index in [-0.39, 0.29) is 18.1 Å². The zero-order valence-electron chi connectivity index (χ0n) is 10.5. The maximum Gasteiger partial charge on any atom is 0.237 e. The van der Waals surface area contributed by atoms with Gasteiger partial charge in [0.1, 0.15) is 6.04 Å². The Balaban J connectivity index is 2.18. The van der Waals surface area contributed by atoms with Gasteiger partial charge in [0, 0.05) is 20.1 Å². The average Bonchev–Trinajstić information content (AvgIpc) is 2.60. The second kappa shape index (κ2) is 5.38. The fourth-order valence-corrected chi connectivity index (χ4v) is 2.75. The highest BCUT2D eigenvalue weighted by atomic mass is 79.9. The number of morpholine rings is 1. The van der Waals surface area contributed by atoms with Gasteiger partial charge in [-0.05, 0) is 22.9 Å². The van der Waals surface area contributed by atoms with E-state index >= 15 is 0 Å². The van der Waals surface area contributed by atoms with Crippen LogP contribution < -0.4 is 5.73 Å². The first-order valence-electron chi connectivity index (χ1n) is 5.82. The summed E-state index contributed by atoms with van der Waals surface area (Å²) in [6.45, 7) is 3.80. The molecular weight excluding hydrogens is 300 g/mol. The molecule has 1 aliphatic rings. The minimum atomic E-state index is -0.388. The number of nitrogens with zero attached hydrogens (tertiary/aromatic N) is 3. The lowest BCUT2D eigenvalue weighted by Crippen LogP contribution is -2.56. The number of rotatable bonds is 3. The van der Waals surface area contributed by atoms with Crippen LogP contribution in [0.1, 0.15) is 12.6 Å². The zero-order valence-corrected chi connectivity index (χ0v) is 12.1. The summed E-state index contributed by atoms with van der Waals surface area (Å²) >= 11 is 3.46. The van der Waals surface area contributed by atoms with Crippen molar-refractivity contribution in [1.29, 1.82) is 0 Å². The van der Waals surface area contributed by atoms with Crippen LogP contribution in [-0.2, 0) is 23.1 Å². The third-order valence-electron chi connectivity index (χ3n) is 3.25. The molecular formula is C11H17BrN4O2. The van der Waals surface area contributed by atoms with E-state index in [9.17, 15) is 4.79 Å². The lowest BCUT2D eigenvalue weighted by molar-refractivity contribution is -0.136. The van der Waals surface area contributed by atoms with Gasteiger partial charge in [-0.15, -0.1) is 0 Å². The first kappa shape index (κ1) is 13.5. The Hall–Kier alpha value is -0.920. The summed E-state index contributed by atoms with van der Waals surface area (Å²) in [7, 11) is 1.88. The van der Waals surface area contributed by atoms with Crippen LogP contribution in [0, 0.1) is 0 Å². The van der Waals surface area contributed by atoms with Gasteiger partial charge in [-0.1, -0.05) is 0 Å². The highest BCUT2D eigenvalue weighted by Gasteiger charge is 2.34. The smallest absolute Gasteiger partial charge is 0.237 e. The van der Waals surface area contributed by atoms with Gasteiger partial charge in [0.25, 0.3) is 0 Å². The SMILES string of the molecule is C[C@H]1OCCN(Cc2c(Br)cnn2C)[C@@H]1C(N)=O. The molecule has 2 N–H and O–H groups in total. The molecule has 0 aliphatic carbocycles. The predicted molar refractivity (Wildman–Crippen MR) is 69.7 cm³/mol. The molecule has 0 radical (unpaired) electrons. The Labute approximate surface area is 114 Å². The molecule has 2 atom stereocenters. The van der Waals surface area contributed by atoms with E-state index in [1.54, 1.807) is 10.9 Å². The quantitative estimate of drug-likeness (QED) is 0.868. The normalized spacial score (nSPS) is 25.3. The van der Waals surface area contributed by atoms with Crippen LogP contribution in [0.25, 0.3) is 0 Å². The molecule has 1 aliphatic heterocycles. The summed E-state index contributed by atoms with van der Waals surface area (Å²) in [5.41, 5.74) is 6.48. The van der Waals surface area contributed by atoms with Crippen molar-refractivity contribution in [2.24, 2.45) is 12.8 Å². The standard InChI is InChI=1S/C11H17BrN4O2/c1-7-10(11(13)17)16(3-4-18-7)6-9-8(12)5-14-15(9)2/h5,7,10H,3-4,6H2,1-2H3,(H2,13,17)/t7-,10+/m1/s1. The molecule has 2 rings (SSSR count). The van der Waals surface area contributed by atoms with Crippen molar-refractivity contribution in [2.75, 3.05) is 13.2 Å². The molecule has 1 aromatic heterocycles. The van der Waals surface area contributed by atoms with Gasteiger partial charge in [-0.3, -0.25) is 14.4 Å². The number of amides is 1. The van der Waals surface area contributed by atoms with Crippen molar-refractivity contribution in [3.8, 4) is 0 Å². The van der Waals surface area contributed by atoms with E-state index < -0.39 is 0 Å². The highest BCUT2D eigenvalue weighted by molar-refractivity contribution is 9.10. The van der Waals surface area contributed by atoms with Gasteiger partial charge in [-0.25, -0.2) is 0 Å². The number of hydrogen-bond acceptors (Lipinski definition) is 4. The van der Waals surface area contributed by atoms with Crippen LogP contribution in [0.2, 0.25) is 0 Å². The van der Waals surface area contributed by atoms with Gasteiger partial charge in [-0.2, -0.15) is 5.10 Å². The molecule has 1 aromatic rings. The number of aryl methyl sites for hydroxylation is 1. The summed E-state index contributed by atoms with van der Waals surface area (Å²) < 4.78 is 8.22. The highest BCUT2D eigenvalue weighted by Crippen LogP contribution is 2.21. The number of nitrogens with two attached hydrogens (primary N) is 1. The minimum absolute atomic E-state index is 0.178. The fraction of sp³-hybridized carbons (Fsp3) is 0.636. The van der Waals surface area contributed by atoms with Crippen LogP contribution in [0.4, 0.5) is 0 Å². The van der Waals surface area contributed by atoms with Crippen molar-refractivity contribution in [1.82, 2.24) is 14.7 Å². The molecule has 1 saturated heterocycles. The number of carbonyl (C=O) groups excluding carboxylic acids is 1. The average molecular weight is 317 g/mol. The molecule has 6 nitrogen and oxygen atoms in total. The lowest BCUT2D eigenvalue weighted by Gasteiger charge is -2.37. The van der Waals surface area contributed by atoms with Crippen LogP contribution in [0.3, 0.4) is 0 Å². The van der Waals surface area contributed by atoms with Gasteiger partial charge < -0.3 is 10.5 Å². The fourth-order valence-electron chi connectivity index (χ4n) is 2.28. The first-order chi connectivity index (χ1) is 8.50. The third kappa shape index (κ3) is 2.57. The second-order valence-electron chi connectivity index (χ2n) is 4.46. The zero-order chi connectivity index (χ0) is 13.3. The van der Waals surface area contributed by atoms with Crippen molar-refractivity contribution in [3.05, 3.63) is 16.4 Å². The maximum atomic E-state index is 11.5. The number of primary amides is 1. The topological polar surface area (TPSA) is 73.4 Å². The van der Waals surface area contributed by atoms with E-state index in [2.05, 4.69) is 21.0 Å². The lowest BCUT2D eigenvalue weighted by atomic mass is 10.1. The molecule has 18 heavy (non-hydrogen) atoms.